The second-order valence-corrected chi connectivity index (χ2v) is 25.6. The lowest BCUT2D eigenvalue weighted by molar-refractivity contribution is -0.167. The summed E-state index contributed by atoms with van der Waals surface area (Å²) >= 11 is 0. The Hall–Kier alpha value is -2.37. The van der Waals surface area contributed by atoms with Gasteiger partial charge in [-0.15, -0.1) is 0 Å². The molecule has 0 aliphatic carbocycles. The Morgan fingerprint density at radius 3 is 0.675 bits per heavy atom. The monoisotopic (exact) mass is 1170 g/mol. The van der Waals surface area contributed by atoms with Gasteiger partial charge in [0.2, 0.25) is 0 Å². The fraction of sp³-hybridized carbons (Fsp3) is 0.883. The predicted molar refractivity (Wildman–Crippen MR) is 362 cm³/mol. The summed E-state index contributed by atoms with van der Waals surface area (Å²) in [6, 6.07) is 0. The van der Waals surface area contributed by atoms with E-state index in [0.717, 1.165) is 70.6 Å². The molecular weight excluding hydrogens is 1020 g/mol. The maximum Gasteiger partial charge on any atom is 0.306 e. The molecule has 0 aliphatic rings. The normalized spacial score (nSPS) is 12.2. The molecule has 0 bridgehead atoms. The first kappa shape index (κ1) is 80.6. The van der Waals surface area contributed by atoms with Gasteiger partial charge in [0.1, 0.15) is 13.2 Å². The van der Waals surface area contributed by atoms with Crippen LogP contribution >= 0.6 is 0 Å². The molecule has 0 aromatic carbocycles. The number of esters is 3. The van der Waals surface area contributed by atoms with Crippen LogP contribution in [0.25, 0.3) is 0 Å². The average Bonchev–Trinajstić information content (AvgIpc) is 3.49. The molecule has 488 valence electrons. The summed E-state index contributed by atoms with van der Waals surface area (Å²) in [5.41, 5.74) is 0. The van der Waals surface area contributed by atoms with Crippen LogP contribution in [0.2, 0.25) is 0 Å². The van der Waals surface area contributed by atoms with E-state index in [1.165, 1.54) is 308 Å². The average molecular weight is 1170 g/mol. The molecule has 0 fully saturated rings. The Morgan fingerprint density at radius 1 is 0.241 bits per heavy atom. The quantitative estimate of drug-likeness (QED) is 0.0261. The van der Waals surface area contributed by atoms with Gasteiger partial charge in [-0.1, -0.05) is 378 Å². The maximum absolute atomic E-state index is 12.9. The van der Waals surface area contributed by atoms with Crippen LogP contribution < -0.4 is 0 Å². The standard InChI is InChI=1S/C77H144O6/c1-4-7-10-13-16-19-21-23-25-27-29-31-33-35-36-37-38-39-40-41-42-43-45-46-48-50-52-54-56-58-61-64-67-70-76(79)82-73-74(72-81-75(78)69-66-63-60-18-15-12-9-6-3)83-77(80)71-68-65-62-59-57-55-53-51-49-47-44-34-32-30-28-26-24-22-20-17-14-11-8-5-2/h21,23,27,29,33,35,74H,4-20,22,24-26,28,30-32,34,36-73H2,1-3H3/b23-21-,29-27-,35-33-. The third kappa shape index (κ3) is 70.3. The maximum atomic E-state index is 12.9. The molecule has 0 radical (unpaired) electrons. The molecule has 0 rings (SSSR count). The van der Waals surface area contributed by atoms with Gasteiger partial charge in [-0.2, -0.15) is 0 Å². The highest BCUT2D eigenvalue weighted by Crippen LogP contribution is 2.19. The third-order valence-corrected chi connectivity index (χ3v) is 17.1. The van der Waals surface area contributed by atoms with Gasteiger partial charge in [0, 0.05) is 19.3 Å². The molecule has 6 heteroatoms. The Bertz CT molecular complexity index is 1380. The molecule has 0 spiro atoms. The molecular formula is C77H144O6. The van der Waals surface area contributed by atoms with E-state index in [2.05, 4.69) is 57.2 Å². The van der Waals surface area contributed by atoms with Crippen molar-refractivity contribution in [3.05, 3.63) is 36.5 Å². The zero-order valence-corrected chi connectivity index (χ0v) is 56.2. The van der Waals surface area contributed by atoms with E-state index in [4.69, 9.17) is 14.2 Å². The van der Waals surface area contributed by atoms with Crippen LogP contribution in [0.4, 0.5) is 0 Å². The third-order valence-electron chi connectivity index (χ3n) is 17.1. The molecule has 1 unspecified atom stereocenters. The number of carbonyl (C=O) groups is 3. The van der Waals surface area contributed by atoms with Crippen LogP contribution in [0.15, 0.2) is 36.5 Å². The van der Waals surface area contributed by atoms with E-state index in [-0.39, 0.29) is 31.1 Å². The lowest BCUT2D eigenvalue weighted by atomic mass is 10.0. The largest absolute Gasteiger partial charge is 0.462 e. The highest BCUT2D eigenvalue weighted by Gasteiger charge is 2.20. The second kappa shape index (κ2) is 72.1. The van der Waals surface area contributed by atoms with Gasteiger partial charge in [0.05, 0.1) is 0 Å². The molecule has 0 aromatic rings. The zero-order chi connectivity index (χ0) is 59.9. The molecule has 0 N–H and O–H groups in total. The molecule has 0 amide bonds. The summed E-state index contributed by atoms with van der Waals surface area (Å²) in [6.07, 6.45) is 90.8. The van der Waals surface area contributed by atoms with Crippen molar-refractivity contribution in [3.63, 3.8) is 0 Å². The number of rotatable bonds is 70. The van der Waals surface area contributed by atoms with Gasteiger partial charge in [-0.3, -0.25) is 14.4 Å². The van der Waals surface area contributed by atoms with Crippen molar-refractivity contribution in [3.8, 4) is 0 Å². The van der Waals surface area contributed by atoms with Crippen molar-refractivity contribution in [1.82, 2.24) is 0 Å². The second-order valence-electron chi connectivity index (χ2n) is 25.6. The highest BCUT2D eigenvalue weighted by molar-refractivity contribution is 5.71. The van der Waals surface area contributed by atoms with Crippen molar-refractivity contribution in [1.29, 1.82) is 0 Å². The summed E-state index contributed by atoms with van der Waals surface area (Å²) in [4.78, 5) is 38.3. The Balaban J connectivity index is 4.01. The van der Waals surface area contributed by atoms with Crippen molar-refractivity contribution in [2.45, 2.75) is 425 Å². The molecule has 0 heterocycles. The topological polar surface area (TPSA) is 78.9 Å². The van der Waals surface area contributed by atoms with E-state index in [9.17, 15) is 14.4 Å². The minimum absolute atomic E-state index is 0.0649. The van der Waals surface area contributed by atoms with Crippen molar-refractivity contribution in [2.75, 3.05) is 13.2 Å². The Kier molecular flexibility index (Phi) is 70.0. The summed E-state index contributed by atoms with van der Waals surface area (Å²) in [5, 5.41) is 0. The van der Waals surface area contributed by atoms with E-state index in [1.807, 2.05) is 0 Å². The van der Waals surface area contributed by atoms with Crippen LogP contribution in [0.5, 0.6) is 0 Å². The molecule has 0 saturated carbocycles. The minimum atomic E-state index is -0.766. The van der Waals surface area contributed by atoms with Crippen LogP contribution in [0.3, 0.4) is 0 Å². The lowest BCUT2D eigenvalue weighted by Crippen LogP contribution is -2.30. The van der Waals surface area contributed by atoms with E-state index < -0.39 is 6.10 Å². The first-order valence-electron chi connectivity index (χ1n) is 37.5. The summed E-state index contributed by atoms with van der Waals surface area (Å²) in [6.45, 7) is 6.68. The number of hydrogen-bond acceptors (Lipinski definition) is 6. The van der Waals surface area contributed by atoms with Crippen molar-refractivity contribution < 1.29 is 28.6 Å². The van der Waals surface area contributed by atoms with Crippen LogP contribution in [-0.4, -0.2) is 37.2 Å². The number of allylic oxidation sites excluding steroid dienone is 6. The van der Waals surface area contributed by atoms with E-state index >= 15 is 0 Å². The zero-order valence-electron chi connectivity index (χ0n) is 56.2. The molecule has 6 nitrogen and oxygen atoms in total. The summed E-state index contributed by atoms with van der Waals surface area (Å²) in [5.74, 6) is -0.838. The highest BCUT2D eigenvalue weighted by atomic mass is 16.6. The summed E-state index contributed by atoms with van der Waals surface area (Å²) < 4.78 is 16.9. The van der Waals surface area contributed by atoms with E-state index in [1.54, 1.807) is 0 Å². The molecule has 0 aliphatic heterocycles. The first-order chi connectivity index (χ1) is 41.0. The smallest absolute Gasteiger partial charge is 0.306 e. The van der Waals surface area contributed by atoms with Gasteiger partial charge in [0.25, 0.3) is 0 Å². The fourth-order valence-corrected chi connectivity index (χ4v) is 11.5. The van der Waals surface area contributed by atoms with Gasteiger partial charge in [-0.05, 0) is 57.8 Å². The predicted octanol–water partition coefficient (Wildman–Crippen LogP) is 25.9. The van der Waals surface area contributed by atoms with Gasteiger partial charge >= 0.3 is 17.9 Å². The number of ether oxygens (including phenoxy) is 3. The van der Waals surface area contributed by atoms with Crippen LogP contribution in [-0.2, 0) is 28.6 Å². The summed E-state index contributed by atoms with van der Waals surface area (Å²) in [7, 11) is 0. The molecule has 1 atom stereocenters. The van der Waals surface area contributed by atoms with Gasteiger partial charge < -0.3 is 14.2 Å². The first-order valence-corrected chi connectivity index (χ1v) is 37.5. The molecule has 0 aromatic heterocycles. The van der Waals surface area contributed by atoms with E-state index in [0.29, 0.717) is 19.3 Å². The molecule has 0 saturated heterocycles. The van der Waals surface area contributed by atoms with Crippen LogP contribution in [0.1, 0.15) is 419 Å². The van der Waals surface area contributed by atoms with Gasteiger partial charge in [0.15, 0.2) is 6.10 Å². The Labute approximate surface area is 518 Å². The number of unbranched alkanes of at least 4 members (excludes halogenated alkanes) is 53. The number of hydrogen-bond donors (Lipinski definition) is 0. The van der Waals surface area contributed by atoms with Gasteiger partial charge in [-0.25, -0.2) is 0 Å². The van der Waals surface area contributed by atoms with Crippen LogP contribution in [0, 0.1) is 0 Å². The fourth-order valence-electron chi connectivity index (χ4n) is 11.5. The van der Waals surface area contributed by atoms with Crippen molar-refractivity contribution in [2.24, 2.45) is 0 Å². The number of carbonyl (C=O) groups excluding carboxylic acids is 3. The lowest BCUT2D eigenvalue weighted by Gasteiger charge is -2.18. The Morgan fingerprint density at radius 2 is 0.434 bits per heavy atom. The van der Waals surface area contributed by atoms with Crippen molar-refractivity contribution >= 4 is 17.9 Å². The SMILES string of the molecule is CCCCCCC/C=C\C/C=C\C/C=C\CCCCCCCCCCCCCCCCCCCCC(=O)OCC(COC(=O)CCCCCCCCCC)OC(=O)CCCCCCCCCCCCCCCCCCCCCCCCCC. The minimum Gasteiger partial charge on any atom is -0.462 e. The molecule has 83 heavy (non-hydrogen) atoms.